The van der Waals surface area contributed by atoms with E-state index in [-0.39, 0.29) is 11.8 Å². The van der Waals surface area contributed by atoms with Gasteiger partial charge in [0.2, 0.25) is 5.91 Å². The number of anilines is 3. The first kappa shape index (κ1) is 15.0. The lowest BCUT2D eigenvalue weighted by Crippen LogP contribution is -2.39. The molecule has 0 aliphatic heterocycles. The Bertz CT molecular complexity index is 598. The fourth-order valence-electron chi connectivity index (χ4n) is 1.78. The molecule has 0 bridgehead atoms. The number of nitrogens with zero attached hydrogens (tertiary/aromatic N) is 1. The molecule has 0 aliphatic rings. The van der Waals surface area contributed by atoms with Gasteiger partial charge in [-0.05, 0) is 30.2 Å². The van der Waals surface area contributed by atoms with Crippen molar-refractivity contribution in [2.45, 2.75) is 19.9 Å². The molecule has 21 heavy (non-hydrogen) atoms. The van der Waals surface area contributed by atoms with Crippen LogP contribution in [0.4, 0.5) is 17.2 Å². The van der Waals surface area contributed by atoms with Gasteiger partial charge in [-0.3, -0.25) is 4.79 Å². The van der Waals surface area contributed by atoms with Crippen molar-refractivity contribution in [2.75, 3.05) is 10.6 Å². The summed E-state index contributed by atoms with van der Waals surface area (Å²) in [5.41, 5.74) is 7.37. The monoisotopic (exact) mass is 284 g/mol. The lowest BCUT2D eigenvalue weighted by Gasteiger charge is -2.17. The van der Waals surface area contributed by atoms with E-state index in [4.69, 9.17) is 5.73 Å². The second-order valence-corrected chi connectivity index (χ2v) is 5.15. The largest absolute Gasteiger partial charge is 0.339 e. The van der Waals surface area contributed by atoms with E-state index in [0.717, 1.165) is 5.69 Å². The molecule has 0 fully saturated rings. The fraction of sp³-hybridized carbons (Fsp3) is 0.250. The molecule has 1 aromatic carbocycles. The van der Waals surface area contributed by atoms with Gasteiger partial charge in [-0.15, -0.1) is 0 Å². The maximum Gasteiger partial charge on any atom is 0.241 e. The minimum Gasteiger partial charge on any atom is -0.339 e. The molecule has 4 N–H and O–H groups in total. The Labute approximate surface area is 124 Å². The van der Waals surface area contributed by atoms with Crippen LogP contribution in [0.25, 0.3) is 0 Å². The van der Waals surface area contributed by atoms with Gasteiger partial charge in [-0.25, -0.2) is 4.98 Å². The van der Waals surface area contributed by atoms with Gasteiger partial charge in [-0.1, -0.05) is 32.0 Å². The number of amides is 1. The van der Waals surface area contributed by atoms with Gasteiger partial charge in [0.15, 0.2) is 5.82 Å². The zero-order valence-electron chi connectivity index (χ0n) is 12.2. The Morgan fingerprint density at radius 1 is 1.14 bits per heavy atom. The third kappa shape index (κ3) is 4.03. The number of rotatable bonds is 5. The Morgan fingerprint density at radius 2 is 1.86 bits per heavy atom. The van der Waals surface area contributed by atoms with Crippen LogP contribution in [0.1, 0.15) is 13.8 Å². The van der Waals surface area contributed by atoms with Crippen LogP contribution in [0, 0.1) is 5.92 Å². The molecule has 2 rings (SSSR count). The third-order valence-corrected chi connectivity index (χ3v) is 3.12. The van der Waals surface area contributed by atoms with Crippen molar-refractivity contribution >= 4 is 23.1 Å². The number of nitrogens with two attached hydrogens (primary N) is 1. The molecule has 2 aromatic rings. The standard InChI is InChI=1S/C16H20N4O/c1-11(2)14(17)16(21)20-13-9-6-10-18-15(13)19-12-7-4-3-5-8-12/h3-11,14H,17H2,1-2H3,(H,18,19)(H,20,21). The molecule has 110 valence electrons. The number of pyridine rings is 1. The van der Waals surface area contributed by atoms with Crippen LogP contribution in [0.3, 0.4) is 0 Å². The molecule has 5 nitrogen and oxygen atoms in total. The van der Waals surface area contributed by atoms with Gasteiger partial charge < -0.3 is 16.4 Å². The molecule has 1 amide bonds. The molecule has 0 spiro atoms. The third-order valence-electron chi connectivity index (χ3n) is 3.12. The highest BCUT2D eigenvalue weighted by atomic mass is 16.2. The average molecular weight is 284 g/mol. The van der Waals surface area contributed by atoms with Crippen molar-refractivity contribution in [3.63, 3.8) is 0 Å². The van der Waals surface area contributed by atoms with Crippen molar-refractivity contribution in [1.82, 2.24) is 4.98 Å². The van der Waals surface area contributed by atoms with Crippen LogP contribution in [0.2, 0.25) is 0 Å². The van der Waals surface area contributed by atoms with E-state index in [1.165, 1.54) is 0 Å². The Morgan fingerprint density at radius 3 is 2.52 bits per heavy atom. The zero-order valence-corrected chi connectivity index (χ0v) is 12.2. The Balaban J connectivity index is 2.16. The van der Waals surface area contributed by atoms with Crippen LogP contribution in [-0.2, 0) is 4.79 Å². The lowest BCUT2D eigenvalue weighted by atomic mass is 10.1. The quantitative estimate of drug-likeness (QED) is 0.788. The summed E-state index contributed by atoms with van der Waals surface area (Å²) < 4.78 is 0. The van der Waals surface area contributed by atoms with Gasteiger partial charge >= 0.3 is 0 Å². The van der Waals surface area contributed by atoms with E-state index in [1.807, 2.05) is 44.2 Å². The highest BCUT2D eigenvalue weighted by Gasteiger charge is 2.18. The van der Waals surface area contributed by atoms with E-state index >= 15 is 0 Å². The van der Waals surface area contributed by atoms with E-state index in [1.54, 1.807) is 18.3 Å². The van der Waals surface area contributed by atoms with Gasteiger partial charge in [0, 0.05) is 11.9 Å². The molecule has 0 radical (unpaired) electrons. The van der Waals surface area contributed by atoms with E-state index in [9.17, 15) is 4.79 Å². The normalized spacial score (nSPS) is 12.0. The lowest BCUT2D eigenvalue weighted by molar-refractivity contribution is -0.118. The summed E-state index contributed by atoms with van der Waals surface area (Å²) in [4.78, 5) is 16.3. The summed E-state index contributed by atoms with van der Waals surface area (Å²) in [6.07, 6.45) is 1.67. The number of carbonyl (C=O) groups is 1. The zero-order chi connectivity index (χ0) is 15.2. The fourth-order valence-corrected chi connectivity index (χ4v) is 1.78. The molecule has 1 atom stereocenters. The first-order valence-corrected chi connectivity index (χ1v) is 6.91. The SMILES string of the molecule is CC(C)C(N)C(=O)Nc1cccnc1Nc1ccccc1. The summed E-state index contributed by atoms with van der Waals surface area (Å²) >= 11 is 0. The van der Waals surface area contributed by atoms with Gasteiger partial charge in [0.25, 0.3) is 0 Å². The molecule has 0 aliphatic carbocycles. The van der Waals surface area contributed by atoms with Crippen molar-refractivity contribution in [2.24, 2.45) is 11.7 Å². The van der Waals surface area contributed by atoms with Gasteiger partial charge in [-0.2, -0.15) is 0 Å². The molecule has 0 saturated carbocycles. The summed E-state index contributed by atoms with van der Waals surface area (Å²) in [6.45, 7) is 3.83. The number of aromatic nitrogens is 1. The maximum atomic E-state index is 12.1. The first-order chi connectivity index (χ1) is 10.1. The first-order valence-electron chi connectivity index (χ1n) is 6.91. The highest BCUT2D eigenvalue weighted by molar-refractivity contribution is 5.97. The van der Waals surface area contributed by atoms with E-state index < -0.39 is 6.04 Å². The van der Waals surface area contributed by atoms with Gasteiger partial charge in [0.05, 0.1) is 11.7 Å². The summed E-state index contributed by atoms with van der Waals surface area (Å²) in [6, 6.07) is 12.7. The topological polar surface area (TPSA) is 80.0 Å². The van der Waals surface area contributed by atoms with E-state index in [2.05, 4.69) is 15.6 Å². The second kappa shape index (κ2) is 6.85. The Hall–Kier alpha value is -2.40. The number of benzene rings is 1. The van der Waals surface area contributed by atoms with Crippen LogP contribution in [0.15, 0.2) is 48.7 Å². The number of hydrogen-bond donors (Lipinski definition) is 3. The van der Waals surface area contributed by atoms with Crippen molar-refractivity contribution in [1.29, 1.82) is 0 Å². The summed E-state index contributed by atoms with van der Waals surface area (Å²) in [5, 5.41) is 6.00. The molecule has 1 unspecified atom stereocenters. The van der Waals surface area contributed by atoms with Crippen molar-refractivity contribution < 1.29 is 4.79 Å². The summed E-state index contributed by atoms with van der Waals surface area (Å²) in [7, 11) is 0. The second-order valence-electron chi connectivity index (χ2n) is 5.15. The number of carbonyl (C=O) groups excluding carboxylic acids is 1. The molecule has 5 heteroatoms. The summed E-state index contributed by atoms with van der Waals surface area (Å²) in [5.74, 6) is 0.453. The van der Waals surface area contributed by atoms with Gasteiger partial charge in [0.1, 0.15) is 0 Å². The molecule has 0 saturated heterocycles. The van der Waals surface area contributed by atoms with Crippen LogP contribution >= 0.6 is 0 Å². The number of hydrogen-bond acceptors (Lipinski definition) is 4. The van der Waals surface area contributed by atoms with Crippen molar-refractivity contribution in [3.05, 3.63) is 48.7 Å². The minimum atomic E-state index is -0.546. The molecular formula is C16H20N4O. The van der Waals surface area contributed by atoms with Crippen LogP contribution < -0.4 is 16.4 Å². The predicted octanol–water partition coefficient (Wildman–Crippen LogP) is 2.75. The molecule has 1 aromatic heterocycles. The number of para-hydroxylation sites is 1. The van der Waals surface area contributed by atoms with Crippen LogP contribution in [-0.4, -0.2) is 16.9 Å². The van der Waals surface area contributed by atoms with Crippen LogP contribution in [0.5, 0.6) is 0 Å². The highest BCUT2D eigenvalue weighted by Crippen LogP contribution is 2.22. The smallest absolute Gasteiger partial charge is 0.241 e. The molecule has 1 heterocycles. The van der Waals surface area contributed by atoms with Crippen molar-refractivity contribution in [3.8, 4) is 0 Å². The minimum absolute atomic E-state index is 0.0761. The molecular weight excluding hydrogens is 264 g/mol. The average Bonchev–Trinajstić information content (AvgIpc) is 2.49. The number of nitrogens with one attached hydrogen (secondary N) is 2. The van der Waals surface area contributed by atoms with E-state index in [0.29, 0.717) is 11.5 Å². The maximum absolute atomic E-state index is 12.1. The Kier molecular flexibility index (Phi) is 4.90. The predicted molar refractivity (Wildman–Crippen MR) is 85.4 cm³/mol.